The van der Waals surface area contributed by atoms with Crippen LogP contribution in [-0.2, 0) is 21.3 Å². The second kappa shape index (κ2) is 7.39. The number of hydrogen-bond donors (Lipinski definition) is 1. The van der Waals surface area contributed by atoms with Gasteiger partial charge in [-0.05, 0) is 24.6 Å². The Morgan fingerprint density at radius 2 is 1.93 bits per heavy atom. The summed E-state index contributed by atoms with van der Waals surface area (Å²) < 4.78 is 46.3. The fourth-order valence-electron chi connectivity index (χ4n) is 3.07. The van der Waals surface area contributed by atoms with Crippen LogP contribution in [0, 0.1) is 17.1 Å². The summed E-state index contributed by atoms with van der Waals surface area (Å²) in [5.74, 6) is -1.20. The number of halogens is 1. The molecule has 2 aromatic carbocycles. The summed E-state index contributed by atoms with van der Waals surface area (Å²) in [7, 11) is -4.00. The fourth-order valence-corrected chi connectivity index (χ4v) is 4.86. The van der Waals surface area contributed by atoms with E-state index in [-0.39, 0.29) is 29.2 Å². The number of rotatable bonds is 5. The number of ether oxygens (including phenoxy) is 1. The van der Waals surface area contributed by atoms with Gasteiger partial charge >= 0.3 is 0 Å². The van der Waals surface area contributed by atoms with Gasteiger partial charge in [0.1, 0.15) is 17.5 Å². The molecule has 0 radical (unpaired) electrons. The Labute approximate surface area is 156 Å². The highest BCUT2D eigenvalue weighted by Crippen LogP contribution is 2.44. The van der Waals surface area contributed by atoms with Gasteiger partial charge in [0.05, 0.1) is 17.5 Å². The average Bonchev–Trinajstić information content (AvgIpc) is 2.86. The van der Waals surface area contributed by atoms with Crippen LogP contribution in [0.2, 0.25) is 0 Å². The van der Waals surface area contributed by atoms with E-state index >= 15 is 0 Å². The zero-order valence-electron chi connectivity index (χ0n) is 14.5. The topological polar surface area (TPSA) is 90.6 Å². The largest absolute Gasteiger partial charge is 0.480 e. The van der Waals surface area contributed by atoms with Gasteiger partial charge in [0.25, 0.3) is 5.95 Å². The standard InChI is InChI=1S/C19H17FN2O4S/c1-2-26-19(23)15(11-21)18-14-8-4-6-10-17(14)27(24,25)22(18)12-13-7-3-5-9-16(13)20/h3-10,18,23H,2,12H2,1H3/b19-15-. The molecule has 0 saturated heterocycles. The summed E-state index contributed by atoms with van der Waals surface area (Å²) in [5, 5.41) is 19.7. The van der Waals surface area contributed by atoms with E-state index in [9.17, 15) is 23.2 Å². The number of nitriles is 1. The van der Waals surface area contributed by atoms with Crippen molar-refractivity contribution in [3.05, 3.63) is 77.0 Å². The Morgan fingerprint density at radius 1 is 1.26 bits per heavy atom. The highest BCUT2D eigenvalue weighted by Gasteiger charge is 2.46. The summed E-state index contributed by atoms with van der Waals surface area (Å²) in [4.78, 5) is 0.0170. The lowest BCUT2D eigenvalue weighted by Gasteiger charge is -2.23. The molecule has 6 nitrogen and oxygen atoms in total. The molecular formula is C19H17FN2O4S. The predicted molar refractivity (Wildman–Crippen MR) is 95.2 cm³/mol. The van der Waals surface area contributed by atoms with E-state index < -0.39 is 27.8 Å². The van der Waals surface area contributed by atoms with E-state index in [1.807, 2.05) is 6.07 Å². The predicted octanol–water partition coefficient (Wildman–Crippen LogP) is 3.40. The number of sulfonamides is 1. The van der Waals surface area contributed by atoms with E-state index in [4.69, 9.17) is 4.74 Å². The second-order valence-corrected chi connectivity index (χ2v) is 7.70. The van der Waals surface area contributed by atoms with Gasteiger partial charge < -0.3 is 9.84 Å². The molecule has 2 aromatic rings. The quantitative estimate of drug-likeness (QED) is 0.626. The third-order valence-electron chi connectivity index (χ3n) is 4.28. The first-order valence-corrected chi connectivity index (χ1v) is 9.66. The molecule has 0 aromatic heterocycles. The van der Waals surface area contributed by atoms with Crippen molar-refractivity contribution < 1.29 is 22.7 Å². The van der Waals surface area contributed by atoms with Crippen LogP contribution in [0.25, 0.3) is 0 Å². The van der Waals surface area contributed by atoms with Crippen molar-refractivity contribution in [2.75, 3.05) is 6.61 Å². The molecule has 0 spiro atoms. The second-order valence-electron chi connectivity index (χ2n) is 5.85. The lowest BCUT2D eigenvalue weighted by molar-refractivity contribution is 0.0952. The molecule has 3 rings (SSSR count). The van der Waals surface area contributed by atoms with Crippen molar-refractivity contribution >= 4 is 10.0 Å². The van der Waals surface area contributed by atoms with E-state index in [1.165, 1.54) is 24.3 Å². The Morgan fingerprint density at radius 3 is 2.59 bits per heavy atom. The first-order chi connectivity index (χ1) is 12.9. The Balaban J connectivity index is 2.19. The van der Waals surface area contributed by atoms with E-state index in [0.29, 0.717) is 5.56 Å². The molecule has 0 saturated carbocycles. The maximum atomic E-state index is 14.1. The summed E-state index contributed by atoms with van der Waals surface area (Å²) in [6, 6.07) is 12.7. The number of hydrogen-bond acceptors (Lipinski definition) is 5. The monoisotopic (exact) mass is 388 g/mol. The van der Waals surface area contributed by atoms with Gasteiger partial charge in [-0.15, -0.1) is 0 Å². The molecule has 27 heavy (non-hydrogen) atoms. The number of aliphatic hydroxyl groups excluding tert-OH is 1. The molecule has 140 valence electrons. The third kappa shape index (κ3) is 3.27. The minimum Gasteiger partial charge on any atom is -0.480 e. The molecule has 0 fully saturated rings. The van der Waals surface area contributed by atoms with E-state index in [0.717, 1.165) is 4.31 Å². The van der Waals surface area contributed by atoms with E-state index in [2.05, 4.69) is 0 Å². The molecule has 1 aliphatic heterocycles. The van der Waals surface area contributed by atoms with Gasteiger partial charge in [0.15, 0.2) is 0 Å². The number of nitrogens with zero attached hydrogens (tertiary/aromatic N) is 2. The van der Waals surface area contributed by atoms with Gasteiger partial charge in [0, 0.05) is 12.1 Å². The summed E-state index contributed by atoms with van der Waals surface area (Å²) in [5.41, 5.74) is 0.241. The summed E-state index contributed by atoms with van der Waals surface area (Å²) in [6.07, 6.45) is 0. The van der Waals surface area contributed by atoms with Crippen LogP contribution in [0.4, 0.5) is 4.39 Å². The van der Waals surface area contributed by atoms with Crippen LogP contribution >= 0.6 is 0 Å². The molecule has 1 atom stereocenters. The van der Waals surface area contributed by atoms with Crippen LogP contribution in [0.15, 0.2) is 64.9 Å². The van der Waals surface area contributed by atoms with Crippen molar-refractivity contribution in [3.63, 3.8) is 0 Å². The number of fused-ring (bicyclic) bond motifs is 1. The van der Waals surface area contributed by atoms with Gasteiger partial charge in [-0.3, -0.25) is 0 Å². The lowest BCUT2D eigenvalue weighted by Crippen LogP contribution is -2.30. The van der Waals surface area contributed by atoms with Crippen molar-refractivity contribution in [1.82, 2.24) is 4.31 Å². The summed E-state index contributed by atoms with van der Waals surface area (Å²) >= 11 is 0. The van der Waals surface area contributed by atoms with Crippen molar-refractivity contribution in [2.45, 2.75) is 24.4 Å². The number of aliphatic hydroxyl groups is 1. The number of benzene rings is 2. The molecule has 1 unspecified atom stereocenters. The van der Waals surface area contributed by atoms with Gasteiger partial charge in [0.2, 0.25) is 10.0 Å². The van der Waals surface area contributed by atoms with Crippen molar-refractivity contribution in [3.8, 4) is 6.07 Å². The molecule has 1 aliphatic rings. The molecule has 8 heteroatoms. The first-order valence-electron chi connectivity index (χ1n) is 8.22. The minimum absolute atomic E-state index is 0.0170. The van der Waals surface area contributed by atoms with Crippen molar-refractivity contribution in [2.24, 2.45) is 0 Å². The zero-order chi connectivity index (χ0) is 19.6. The molecule has 1 N–H and O–H groups in total. The van der Waals surface area contributed by atoms with E-state index in [1.54, 1.807) is 31.2 Å². The molecular weight excluding hydrogens is 371 g/mol. The Hall–Kier alpha value is -2.89. The van der Waals surface area contributed by atoms with Crippen LogP contribution in [-0.4, -0.2) is 24.4 Å². The van der Waals surface area contributed by atoms with Crippen molar-refractivity contribution in [1.29, 1.82) is 5.26 Å². The average molecular weight is 388 g/mol. The maximum Gasteiger partial charge on any atom is 0.293 e. The fraction of sp³-hybridized carbons (Fsp3) is 0.211. The maximum absolute atomic E-state index is 14.1. The summed E-state index contributed by atoms with van der Waals surface area (Å²) in [6.45, 7) is 1.44. The normalized spacial score (nSPS) is 19.1. The molecule has 0 bridgehead atoms. The minimum atomic E-state index is -4.00. The molecule has 1 heterocycles. The van der Waals surface area contributed by atoms with Crippen LogP contribution in [0.5, 0.6) is 0 Å². The lowest BCUT2D eigenvalue weighted by atomic mass is 9.99. The highest BCUT2D eigenvalue weighted by molar-refractivity contribution is 7.89. The Kier molecular flexibility index (Phi) is 5.17. The van der Waals surface area contributed by atoms with Gasteiger partial charge in [-0.1, -0.05) is 36.4 Å². The highest BCUT2D eigenvalue weighted by atomic mass is 32.2. The van der Waals surface area contributed by atoms with Gasteiger partial charge in [-0.25, -0.2) is 12.8 Å². The van der Waals surface area contributed by atoms with Crippen LogP contribution < -0.4 is 0 Å². The molecule has 0 aliphatic carbocycles. The first kappa shape index (κ1) is 18.9. The molecule has 0 amide bonds. The van der Waals surface area contributed by atoms with Crippen LogP contribution in [0.1, 0.15) is 24.1 Å². The zero-order valence-corrected chi connectivity index (χ0v) is 15.3. The third-order valence-corrected chi connectivity index (χ3v) is 6.16. The SMILES string of the molecule is CCO/C(O)=C(/C#N)C1c2ccccc2S(=O)(=O)N1Cc1ccccc1F. The smallest absolute Gasteiger partial charge is 0.293 e. The Bertz CT molecular complexity index is 1040. The van der Waals surface area contributed by atoms with Crippen LogP contribution in [0.3, 0.4) is 0 Å². The van der Waals surface area contributed by atoms with Gasteiger partial charge in [-0.2, -0.15) is 9.57 Å².